The fourth-order valence-electron chi connectivity index (χ4n) is 7.73. The molecule has 0 aromatic carbocycles. The van der Waals surface area contributed by atoms with Gasteiger partial charge in [-0.3, -0.25) is 9.59 Å². The van der Waals surface area contributed by atoms with Crippen molar-refractivity contribution in [3.05, 3.63) is 24.3 Å². The Balaban J connectivity index is 1.83. The zero-order valence-electron chi connectivity index (χ0n) is 39.3. The third kappa shape index (κ3) is 25.2. The van der Waals surface area contributed by atoms with Gasteiger partial charge in [0.05, 0.1) is 19.8 Å². The van der Waals surface area contributed by atoms with E-state index in [4.69, 9.17) is 28.4 Å². The number of ether oxygens (including phenoxy) is 6. The molecule has 0 spiro atoms. The molecule has 0 aliphatic carbocycles. The molecule has 7 N–H and O–H groups in total. The lowest BCUT2D eigenvalue weighted by Gasteiger charge is -2.42. The molecule has 0 amide bonds. The molecule has 2 rings (SSSR count). The van der Waals surface area contributed by atoms with Crippen molar-refractivity contribution >= 4 is 11.9 Å². The highest BCUT2D eigenvalue weighted by Gasteiger charge is 2.47. The number of hydrogen-bond donors (Lipinski definition) is 7. The fraction of sp³-hybridized carbons (Fsp3) is 0.878. The molecule has 2 aliphatic rings. The predicted molar refractivity (Wildman–Crippen MR) is 243 cm³/mol. The summed E-state index contributed by atoms with van der Waals surface area (Å²) in [6.45, 7) is 2.55. The molecule has 0 aromatic rings. The van der Waals surface area contributed by atoms with Crippen LogP contribution in [-0.4, -0.2) is 142 Å². The van der Waals surface area contributed by atoms with Crippen molar-refractivity contribution < 1.29 is 73.8 Å². The van der Waals surface area contributed by atoms with Gasteiger partial charge in [0.2, 0.25) is 0 Å². The molecule has 11 unspecified atom stereocenters. The van der Waals surface area contributed by atoms with E-state index in [2.05, 4.69) is 38.2 Å². The molecule has 0 saturated carbocycles. The van der Waals surface area contributed by atoms with Gasteiger partial charge in [-0.05, 0) is 64.2 Å². The van der Waals surface area contributed by atoms with E-state index in [0.29, 0.717) is 12.8 Å². The maximum absolute atomic E-state index is 13.0. The van der Waals surface area contributed by atoms with Gasteiger partial charge in [-0.2, -0.15) is 0 Å². The van der Waals surface area contributed by atoms with E-state index in [1.165, 1.54) is 64.2 Å². The minimum Gasteiger partial charge on any atom is -0.462 e. The van der Waals surface area contributed by atoms with Crippen molar-refractivity contribution in [3.8, 4) is 0 Å². The fourth-order valence-corrected chi connectivity index (χ4v) is 7.73. The third-order valence-corrected chi connectivity index (χ3v) is 11.9. The van der Waals surface area contributed by atoms with E-state index >= 15 is 0 Å². The standard InChI is InChI=1S/C49H88O15/c1-3-5-7-9-11-13-15-17-19-21-23-25-27-29-31-40(51)59-34-37(62-41(52)32-30-28-26-24-22-20-18-16-14-12-10-8-6-4-2)35-60-48-47(58)45(56)43(54)39(64-48)36-61-49-46(57)44(55)42(53)38(33-50)63-49/h15-18,37-39,42-50,53-58H,3-14,19-36H2,1-2H3/b17-15-,18-16-. The largest absolute Gasteiger partial charge is 0.462 e. The number of carbonyl (C=O) groups excluding carboxylic acids is 2. The zero-order chi connectivity index (χ0) is 46.8. The number of aliphatic hydroxyl groups is 7. The van der Waals surface area contributed by atoms with Crippen molar-refractivity contribution in [2.75, 3.05) is 26.4 Å². The van der Waals surface area contributed by atoms with E-state index in [1.807, 2.05) is 0 Å². The Bertz CT molecular complexity index is 1220. The average molecular weight is 917 g/mol. The number of allylic oxidation sites excluding steroid dienone is 4. The van der Waals surface area contributed by atoms with Gasteiger partial charge in [0, 0.05) is 12.8 Å². The maximum atomic E-state index is 13.0. The summed E-state index contributed by atoms with van der Waals surface area (Å²) in [5, 5.41) is 72.0. The summed E-state index contributed by atoms with van der Waals surface area (Å²) < 4.78 is 33.5. The second kappa shape index (κ2) is 37.0. The van der Waals surface area contributed by atoms with Crippen LogP contribution in [0.2, 0.25) is 0 Å². The highest BCUT2D eigenvalue weighted by atomic mass is 16.7. The van der Waals surface area contributed by atoms with Gasteiger partial charge in [-0.15, -0.1) is 0 Å². The van der Waals surface area contributed by atoms with Crippen LogP contribution in [0.25, 0.3) is 0 Å². The lowest BCUT2D eigenvalue weighted by molar-refractivity contribution is -0.332. The molecule has 15 heteroatoms. The van der Waals surface area contributed by atoms with Gasteiger partial charge in [0.25, 0.3) is 0 Å². The zero-order valence-corrected chi connectivity index (χ0v) is 39.3. The van der Waals surface area contributed by atoms with Crippen LogP contribution in [0.5, 0.6) is 0 Å². The molecule has 2 saturated heterocycles. The van der Waals surface area contributed by atoms with E-state index in [0.717, 1.165) is 77.0 Å². The smallest absolute Gasteiger partial charge is 0.306 e. The summed E-state index contributed by atoms with van der Waals surface area (Å²) in [4.78, 5) is 25.7. The van der Waals surface area contributed by atoms with Crippen molar-refractivity contribution in [2.45, 2.75) is 248 Å². The SMILES string of the molecule is CCCCCCC/C=C\CCCCCCCC(=O)OCC(COC1OC(COC2OC(CO)C(O)C(O)C2O)C(O)C(O)C1O)OC(=O)CCCCCCC/C=C\CCCCCCC. The first-order chi connectivity index (χ1) is 31.0. The van der Waals surface area contributed by atoms with E-state index < -0.39 is 92.7 Å². The summed E-state index contributed by atoms with van der Waals surface area (Å²) in [6.07, 6.45) is 19.2. The van der Waals surface area contributed by atoms with E-state index in [-0.39, 0.29) is 26.1 Å². The van der Waals surface area contributed by atoms with Gasteiger partial charge in [-0.25, -0.2) is 0 Å². The van der Waals surface area contributed by atoms with Crippen LogP contribution in [0.3, 0.4) is 0 Å². The topological polar surface area (TPSA) is 231 Å². The molecule has 0 radical (unpaired) electrons. The van der Waals surface area contributed by atoms with Crippen LogP contribution in [-0.2, 0) is 38.0 Å². The second-order valence-electron chi connectivity index (χ2n) is 17.6. The molecule has 15 nitrogen and oxygen atoms in total. The minimum atomic E-state index is -1.76. The van der Waals surface area contributed by atoms with Gasteiger partial charge in [0.15, 0.2) is 18.7 Å². The van der Waals surface area contributed by atoms with Crippen LogP contribution in [0, 0.1) is 0 Å². The van der Waals surface area contributed by atoms with E-state index in [9.17, 15) is 45.3 Å². The predicted octanol–water partition coefficient (Wildman–Crippen LogP) is 6.38. The summed E-state index contributed by atoms with van der Waals surface area (Å²) >= 11 is 0. The first kappa shape index (κ1) is 58.1. The first-order valence-electron chi connectivity index (χ1n) is 24.9. The molecule has 11 atom stereocenters. The van der Waals surface area contributed by atoms with Gasteiger partial charge < -0.3 is 64.2 Å². The molecule has 2 fully saturated rings. The van der Waals surface area contributed by atoms with Gasteiger partial charge in [0.1, 0.15) is 55.4 Å². The molecule has 2 heterocycles. The van der Waals surface area contributed by atoms with Crippen LogP contribution in [0.4, 0.5) is 0 Å². The molecule has 374 valence electrons. The lowest BCUT2D eigenvalue weighted by atomic mass is 9.98. The average Bonchev–Trinajstić information content (AvgIpc) is 3.29. The highest BCUT2D eigenvalue weighted by molar-refractivity contribution is 5.70. The summed E-state index contributed by atoms with van der Waals surface area (Å²) in [7, 11) is 0. The van der Waals surface area contributed by atoms with Crippen LogP contribution >= 0.6 is 0 Å². The van der Waals surface area contributed by atoms with Crippen LogP contribution < -0.4 is 0 Å². The van der Waals surface area contributed by atoms with Crippen LogP contribution in [0.1, 0.15) is 181 Å². The monoisotopic (exact) mass is 917 g/mol. The first-order valence-corrected chi connectivity index (χ1v) is 24.9. The number of aliphatic hydroxyl groups excluding tert-OH is 7. The quantitative estimate of drug-likeness (QED) is 0.0203. The summed E-state index contributed by atoms with van der Waals surface area (Å²) in [5.41, 5.74) is 0. The normalized spacial score (nSPS) is 26.8. The summed E-state index contributed by atoms with van der Waals surface area (Å²) in [6, 6.07) is 0. The molecule has 0 aromatic heterocycles. The Morgan fingerprint density at radius 3 is 1.38 bits per heavy atom. The number of unbranched alkanes of at least 4 members (excludes halogenated alkanes) is 20. The lowest BCUT2D eigenvalue weighted by Crippen LogP contribution is -2.61. The van der Waals surface area contributed by atoms with Gasteiger partial charge in [-0.1, -0.05) is 128 Å². The number of hydrogen-bond acceptors (Lipinski definition) is 15. The van der Waals surface area contributed by atoms with Crippen molar-refractivity contribution in [3.63, 3.8) is 0 Å². The third-order valence-electron chi connectivity index (χ3n) is 11.9. The molecule has 0 bridgehead atoms. The maximum Gasteiger partial charge on any atom is 0.306 e. The highest BCUT2D eigenvalue weighted by Crippen LogP contribution is 2.26. The number of carbonyl (C=O) groups is 2. The molecule has 64 heavy (non-hydrogen) atoms. The number of esters is 2. The number of rotatable bonds is 38. The second-order valence-corrected chi connectivity index (χ2v) is 17.6. The van der Waals surface area contributed by atoms with Crippen molar-refractivity contribution in [2.24, 2.45) is 0 Å². The summed E-state index contributed by atoms with van der Waals surface area (Å²) in [5.74, 6) is -0.942. The Kier molecular flexibility index (Phi) is 33.6. The van der Waals surface area contributed by atoms with Crippen molar-refractivity contribution in [1.29, 1.82) is 0 Å². The van der Waals surface area contributed by atoms with E-state index in [1.54, 1.807) is 0 Å². The Hall–Kier alpha value is -2.02. The minimum absolute atomic E-state index is 0.155. The molecule has 2 aliphatic heterocycles. The Morgan fingerprint density at radius 2 is 0.891 bits per heavy atom. The molecular weight excluding hydrogens is 829 g/mol. The van der Waals surface area contributed by atoms with Crippen LogP contribution in [0.15, 0.2) is 24.3 Å². The van der Waals surface area contributed by atoms with Gasteiger partial charge >= 0.3 is 11.9 Å². The molecular formula is C49H88O15. The Morgan fingerprint density at radius 1 is 0.484 bits per heavy atom. The van der Waals surface area contributed by atoms with Crippen molar-refractivity contribution in [1.82, 2.24) is 0 Å². The Labute approximate surface area is 383 Å².